The standard InChI is InChI=1S/C14H17N2S/c1-4-10-16-12-7-5-6-8-13(12)17-14(16)9-11-15(2)3/h4-9,11H,1,10H2,2-3H3/q+1. The van der Waals surface area contributed by atoms with Gasteiger partial charge in [0.2, 0.25) is 5.52 Å². The van der Waals surface area contributed by atoms with Gasteiger partial charge in [0.1, 0.15) is 4.70 Å². The Morgan fingerprint density at radius 3 is 2.82 bits per heavy atom. The molecule has 0 aliphatic rings. The molecule has 2 rings (SSSR count). The van der Waals surface area contributed by atoms with Gasteiger partial charge in [0.15, 0.2) is 6.54 Å². The summed E-state index contributed by atoms with van der Waals surface area (Å²) >= 11 is 1.81. The van der Waals surface area contributed by atoms with Crippen LogP contribution in [0.1, 0.15) is 5.01 Å². The van der Waals surface area contributed by atoms with Crippen molar-refractivity contribution in [2.75, 3.05) is 14.1 Å². The molecule has 0 aliphatic carbocycles. The van der Waals surface area contributed by atoms with Crippen molar-refractivity contribution in [2.45, 2.75) is 6.54 Å². The zero-order valence-corrected chi connectivity index (χ0v) is 11.1. The maximum absolute atomic E-state index is 3.83. The number of benzene rings is 1. The summed E-state index contributed by atoms with van der Waals surface area (Å²) in [5.74, 6) is 0. The second-order valence-corrected chi connectivity index (χ2v) is 5.15. The number of thiazole rings is 1. The summed E-state index contributed by atoms with van der Waals surface area (Å²) in [4.78, 5) is 2.04. The van der Waals surface area contributed by atoms with Gasteiger partial charge in [-0.1, -0.05) is 30.0 Å². The van der Waals surface area contributed by atoms with Crippen LogP contribution in [0.5, 0.6) is 0 Å². The minimum Gasteiger partial charge on any atom is -0.383 e. The first-order chi connectivity index (χ1) is 8.22. The van der Waals surface area contributed by atoms with Crippen molar-refractivity contribution in [2.24, 2.45) is 0 Å². The number of aromatic nitrogens is 1. The quantitative estimate of drug-likeness (QED) is 0.593. The van der Waals surface area contributed by atoms with E-state index < -0.39 is 0 Å². The second-order valence-electron chi connectivity index (χ2n) is 4.09. The predicted molar refractivity (Wildman–Crippen MR) is 74.9 cm³/mol. The molecular weight excluding hydrogens is 228 g/mol. The molecule has 3 heteroatoms. The van der Waals surface area contributed by atoms with Crippen LogP contribution in [0, 0.1) is 0 Å². The van der Waals surface area contributed by atoms with Gasteiger partial charge in [0.05, 0.1) is 0 Å². The summed E-state index contributed by atoms with van der Waals surface area (Å²) in [7, 11) is 4.06. The Morgan fingerprint density at radius 1 is 1.35 bits per heavy atom. The number of fused-ring (bicyclic) bond motifs is 1. The highest BCUT2D eigenvalue weighted by atomic mass is 32.1. The highest BCUT2D eigenvalue weighted by molar-refractivity contribution is 7.18. The normalized spacial score (nSPS) is 11.2. The second kappa shape index (κ2) is 5.15. The Balaban J connectivity index is 2.53. The molecule has 0 N–H and O–H groups in total. The van der Waals surface area contributed by atoms with E-state index in [1.165, 1.54) is 15.2 Å². The topological polar surface area (TPSA) is 7.12 Å². The lowest BCUT2D eigenvalue weighted by atomic mass is 10.3. The molecule has 17 heavy (non-hydrogen) atoms. The largest absolute Gasteiger partial charge is 0.383 e. The summed E-state index contributed by atoms with van der Waals surface area (Å²) < 4.78 is 3.60. The van der Waals surface area contributed by atoms with Crippen LogP contribution in [0.4, 0.5) is 0 Å². The van der Waals surface area contributed by atoms with E-state index in [0.717, 1.165) is 6.54 Å². The SMILES string of the molecule is C=CC[n+]1c(/C=C/N(C)C)sc2ccccc21. The third-order valence-electron chi connectivity index (χ3n) is 2.46. The van der Waals surface area contributed by atoms with E-state index in [0.29, 0.717) is 0 Å². The van der Waals surface area contributed by atoms with E-state index in [4.69, 9.17) is 0 Å². The van der Waals surface area contributed by atoms with Crippen LogP contribution in [0.15, 0.2) is 43.1 Å². The van der Waals surface area contributed by atoms with Crippen LogP contribution in [0.25, 0.3) is 16.3 Å². The highest BCUT2D eigenvalue weighted by Crippen LogP contribution is 2.21. The number of hydrogen-bond acceptors (Lipinski definition) is 2. The molecule has 0 bridgehead atoms. The van der Waals surface area contributed by atoms with Crippen LogP contribution in [-0.4, -0.2) is 19.0 Å². The number of para-hydroxylation sites is 1. The Kier molecular flexibility index (Phi) is 3.59. The summed E-state index contributed by atoms with van der Waals surface area (Å²) in [6, 6.07) is 8.47. The average Bonchev–Trinajstić information content (AvgIpc) is 2.66. The smallest absolute Gasteiger partial charge is 0.264 e. The van der Waals surface area contributed by atoms with E-state index in [2.05, 4.69) is 47.7 Å². The molecule has 0 spiro atoms. The fourth-order valence-electron chi connectivity index (χ4n) is 1.71. The maximum Gasteiger partial charge on any atom is 0.264 e. The lowest BCUT2D eigenvalue weighted by Crippen LogP contribution is -2.33. The number of rotatable bonds is 4. The molecule has 0 unspecified atom stereocenters. The van der Waals surface area contributed by atoms with Crippen LogP contribution in [-0.2, 0) is 6.54 Å². The van der Waals surface area contributed by atoms with Crippen LogP contribution in [0.3, 0.4) is 0 Å². The van der Waals surface area contributed by atoms with Gasteiger partial charge in [0.25, 0.3) is 5.01 Å². The van der Waals surface area contributed by atoms with E-state index in [1.54, 1.807) is 0 Å². The van der Waals surface area contributed by atoms with E-state index in [1.807, 2.05) is 36.4 Å². The van der Waals surface area contributed by atoms with Gasteiger partial charge < -0.3 is 4.90 Å². The first kappa shape index (κ1) is 11.9. The number of hydrogen-bond donors (Lipinski definition) is 0. The summed E-state index contributed by atoms with van der Waals surface area (Å²) in [6.07, 6.45) is 6.16. The molecule has 1 aromatic carbocycles. The number of nitrogens with zero attached hydrogens (tertiary/aromatic N) is 2. The molecule has 88 valence electrons. The van der Waals surface area contributed by atoms with Gasteiger partial charge in [-0.15, -0.1) is 0 Å². The Labute approximate surface area is 106 Å². The summed E-state index contributed by atoms with van der Waals surface area (Å²) in [5, 5.41) is 1.25. The van der Waals surface area contributed by atoms with E-state index in [9.17, 15) is 0 Å². The van der Waals surface area contributed by atoms with Crippen LogP contribution in [0.2, 0.25) is 0 Å². The van der Waals surface area contributed by atoms with Crippen molar-refractivity contribution in [1.82, 2.24) is 4.90 Å². The first-order valence-corrected chi connectivity index (χ1v) is 6.41. The Hall–Kier alpha value is -1.61. The van der Waals surface area contributed by atoms with Gasteiger partial charge in [-0.25, -0.2) is 0 Å². The molecule has 0 aliphatic heterocycles. The molecule has 0 saturated heterocycles. The van der Waals surface area contributed by atoms with Gasteiger partial charge in [-0.3, -0.25) is 0 Å². The summed E-state index contributed by atoms with van der Waals surface area (Å²) in [6.45, 7) is 4.67. The van der Waals surface area contributed by atoms with Crippen LogP contribution < -0.4 is 4.57 Å². The Morgan fingerprint density at radius 2 is 2.12 bits per heavy atom. The van der Waals surface area contributed by atoms with Crippen LogP contribution >= 0.6 is 11.3 Å². The lowest BCUT2D eigenvalue weighted by molar-refractivity contribution is -0.658. The van der Waals surface area contributed by atoms with Crippen molar-refractivity contribution < 1.29 is 4.57 Å². The van der Waals surface area contributed by atoms with Crippen molar-refractivity contribution in [3.63, 3.8) is 0 Å². The molecule has 0 radical (unpaired) electrons. The van der Waals surface area contributed by atoms with Gasteiger partial charge in [-0.2, -0.15) is 4.57 Å². The van der Waals surface area contributed by atoms with Gasteiger partial charge in [0, 0.05) is 32.4 Å². The minimum absolute atomic E-state index is 0.844. The molecule has 0 atom stereocenters. The molecular formula is C14H17N2S+. The zero-order valence-electron chi connectivity index (χ0n) is 10.3. The van der Waals surface area contributed by atoms with Gasteiger partial charge in [-0.05, 0) is 12.1 Å². The lowest BCUT2D eigenvalue weighted by Gasteiger charge is -2.01. The third kappa shape index (κ3) is 2.56. The maximum atomic E-state index is 3.83. The number of allylic oxidation sites excluding steroid dienone is 1. The van der Waals surface area contributed by atoms with Crippen molar-refractivity contribution in [3.8, 4) is 0 Å². The molecule has 2 aromatic rings. The van der Waals surface area contributed by atoms with Crippen molar-refractivity contribution >= 4 is 27.6 Å². The van der Waals surface area contributed by atoms with E-state index >= 15 is 0 Å². The Bertz CT molecular complexity index is 552. The molecule has 0 amide bonds. The molecule has 2 nitrogen and oxygen atoms in total. The summed E-state index contributed by atoms with van der Waals surface area (Å²) in [5.41, 5.74) is 1.27. The molecule has 0 saturated carbocycles. The fraction of sp³-hybridized carbons (Fsp3) is 0.214. The van der Waals surface area contributed by atoms with Crippen molar-refractivity contribution in [1.29, 1.82) is 0 Å². The predicted octanol–water partition coefficient (Wildman–Crippen LogP) is 2.91. The third-order valence-corrected chi connectivity index (χ3v) is 3.59. The first-order valence-electron chi connectivity index (χ1n) is 5.59. The zero-order chi connectivity index (χ0) is 12.3. The molecule has 1 aromatic heterocycles. The monoisotopic (exact) mass is 245 g/mol. The van der Waals surface area contributed by atoms with Gasteiger partial charge >= 0.3 is 0 Å². The highest BCUT2D eigenvalue weighted by Gasteiger charge is 2.16. The molecule has 0 fully saturated rings. The van der Waals surface area contributed by atoms with Crippen molar-refractivity contribution in [3.05, 3.63) is 48.1 Å². The molecule has 1 heterocycles. The minimum atomic E-state index is 0.844. The fourth-order valence-corrected chi connectivity index (χ4v) is 2.77. The van der Waals surface area contributed by atoms with E-state index in [-0.39, 0.29) is 0 Å². The average molecular weight is 245 g/mol.